The van der Waals surface area contributed by atoms with Crippen LogP contribution in [0.3, 0.4) is 0 Å². The van der Waals surface area contributed by atoms with Crippen LogP contribution in [0.4, 0.5) is 0 Å². The summed E-state index contributed by atoms with van der Waals surface area (Å²) in [4.78, 5) is 18.8. The Bertz CT molecular complexity index is 724. The van der Waals surface area contributed by atoms with E-state index in [1.807, 2.05) is 24.3 Å². The van der Waals surface area contributed by atoms with E-state index >= 15 is 0 Å². The summed E-state index contributed by atoms with van der Waals surface area (Å²) in [5, 5.41) is 4.34. The SMILES string of the molecule is O=C(NCc1cccnc1)[C@H]1CCCN(Cc2ccc(Cl)cc2Cl)C1. The minimum Gasteiger partial charge on any atom is -0.352 e. The van der Waals surface area contributed by atoms with Crippen molar-refractivity contribution >= 4 is 29.1 Å². The van der Waals surface area contributed by atoms with Gasteiger partial charge in [-0.1, -0.05) is 35.3 Å². The Hall–Kier alpha value is -1.62. The average molecular weight is 378 g/mol. The van der Waals surface area contributed by atoms with Crippen molar-refractivity contribution in [2.75, 3.05) is 13.1 Å². The second kappa shape index (κ2) is 8.65. The van der Waals surface area contributed by atoms with E-state index in [-0.39, 0.29) is 11.8 Å². The summed E-state index contributed by atoms with van der Waals surface area (Å²) in [5.41, 5.74) is 2.05. The molecule has 1 aliphatic rings. The maximum absolute atomic E-state index is 12.5. The zero-order valence-electron chi connectivity index (χ0n) is 13.9. The van der Waals surface area contributed by atoms with Crippen LogP contribution in [-0.2, 0) is 17.9 Å². The predicted molar refractivity (Wildman–Crippen MR) is 101 cm³/mol. The molecule has 1 aliphatic heterocycles. The number of aromatic nitrogens is 1. The topological polar surface area (TPSA) is 45.2 Å². The molecule has 1 atom stereocenters. The van der Waals surface area contributed by atoms with Gasteiger partial charge in [0.1, 0.15) is 0 Å². The zero-order valence-corrected chi connectivity index (χ0v) is 15.4. The predicted octanol–water partition coefficient (Wildman–Crippen LogP) is 3.92. The van der Waals surface area contributed by atoms with Crippen LogP contribution < -0.4 is 5.32 Å². The summed E-state index contributed by atoms with van der Waals surface area (Å²) in [6.07, 6.45) is 5.43. The fraction of sp³-hybridized carbons (Fsp3) is 0.368. The lowest BCUT2D eigenvalue weighted by atomic mass is 9.96. The minimum atomic E-state index is 0.0106. The van der Waals surface area contributed by atoms with Crippen LogP contribution in [0.2, 0.25) is 10.0 Å². The van der Waals surface area contributed by atoms with Gasteiger partial charge >= 0.3 is 0 Å². The Labute approximate surface area is 158 Å². The van der Waals surface area contributed by atoms with Crippen LogP contribution in [0.15, 0.2) is 42.7 Å². The van der Waals surface area contributed by atoms with Crippen molar-refractivity contribution in [1.82, 2.24) is 15.2 Å². The van der Waals surface area contributed by atoms with Gasteiger partial charge < -0.3 is 5.32 Å². The van der Waals surface area contributed by atoms with Crippen LogP contribution in [0.5, 0.6) is 0 Å². The number of piperidine rings is 1. The van der Waals surface area contributed by atoms with Gasteiger partial charge in [0.15, 0.2) is 0 Å². The van der Waals surface area contributed by atoms with Gasteiger partial charge in [0.05, 0.1) is 5.92 Å². The highest BCUT2D eigenvalue weighted by Gasteiger charge is 2.26. The van der Waals surface area contributed by atoms with Gasteiger partial charge in [0.25, 0.3) is 0 Å². The van der Waals surface area contributed by atoms with Gasteiger partial charge in [-0.05, 0) is 48.7 Å². The van der Waals surface area contributed by atoms with Crippen molar-refractivity contribution in [2.45, 2.75) is 25.9 Å². The molecule has 1 aromatic carbocycles. The van der Waals surface area contributed by atoms with Crippen LogP contribution in [0.25, 0.3) is 0 Å². The molecule has 132 valence electrons. The Morgan fingerprint density at radius 1 is 1.32 bits per heavy atom. The molecule has 0 saturated carbocycles. The molecule has 4 nitrogen and oxygen atoms in total. The summed E-state index contributed by atoms with van der Waals surface area (Å²) in [6, 6.07) is 9.41. The number of carbonyl (C=O) groups excluding carboxylic acids is 1. The van der Waals surface area contributed by atoms with Crippen LogP contribution in [0.1, 0.15) is 24.0 Å². The first-order valence-electron chi connectivity index (χ1n) is 8.45. The molecule has 2 heterocycles. The van der Waals surface area contributed by atoms with Crippen molar-refractivity contribution in [2.24, 2.45) is 5.92 Å². The van der Waals surface area contributed by atoms with Gasteiger partial charge in [-0.3, -0.25) is 14.7 Å². The van der Waals surface area contributed by atoms with Crippen LogP contribution in [-0.4, -0.2) is 28.9 Å². The van der Waals surface area contributed by atoms with Gasteiger partial charge in [-0.25, -0.2) is 0 Å². The van der Waals surface area contributed by atoms with Gasteiger partial charge in [-0.2, -0.15) is 0 Å². The number of halogens is 2. The monoisotopic (exact) mass is 377 g/mol. The van der Waals surface area contributed by atoms with Crippen LogP contribution in [0, 0.1) is 5.92 Å². The second-order valence-electron chi connectivity index (χ2n) is 6.39. The summed E-state index contributed by atoms with van der Waals surface area (Å²) < 4.78 is 0. The standard InChI is InChI=1S/C19H21Cl2N3O/c20-17-6-5-15(18(21)9-17)12-24-8-2-4-16(13-24)19(25)23-11-14-3-1-7-22-10-14/h1,3,5-7,9-10,16H,2,4,8,11-13H2,(H,23,25)/t16-/m0/s1. The summed E-state index contributed by atoms with van der Waals surface area (Å²) in [5.74, 6) is 0.118. The largest absolute Gasteiger partial charge is 0.352 e. The highest BCUT2D eigenvalue weighted by atomic mass is 35.5. The Balaban J connectivity index is 1.54. The van der Waals surface area contributed by atoms with Crippen molar-refractivity contribution in [1.29, 1.82) is 0 Å². The molecule has 0 unspecified atom stereocenters. The molecule has 0 bridgehead atoms. The Morgan fingerprint density at radius 2 is 2.20 bits per heavy atom. The van der Waals surface area contributed by atoms with E-state index in [2.05, 4.69) is 15.2 Å². The summed E-state index contributed by atoms with van der Waals surface area (Å²) in [7, 11) is 0. The lowest BCUT2D eigenvalue weighted by molar-refractivity contribution is -0.126. The number of rotatable bonds is 5. The molecule has 3 rings (SSSR count). The fourth-order valence-corrected chi connectivity index (χ4v) is 3.61. The molecular formula is C19H21Cl2N3O. The maximum Gasteiger partial charge on any atom is 0.224 e. The highest BCUT2D eigenvalue weighted by molar-refractivity contribution is 6.35. The minimum absolute atomic E-state index is 0.0106. The molecule has 0 radical (unpaired) electrons. The molecule has 1 saturated heterocycles. The molecule has 25 heavy (non-hydrogen) atoms. The highest BCUT2D eigenvalue weighted by Crippen LogP contribution is 2.25. The van der Waals surface area contributed by atoms with Crippen LogP contribution >= 0.6 is 23.2 Å². The number of carbonyl (C=O) groups is 1. The van der Waals surface area contributed by atoms with E-state index in [1.165, 1.54) is 0 Å². The molecular weight excluding hydrogens is 357 g/mol. The molecule has 6 heteroatoms. The molecule has 1 N–H and O–H groups in total. The van der Waals surface area contributed by atoms with E-state index in [4.69, 9.17) is 23.2 Å². The number of nitrogens with zero attached hydrogens (tertiary/aromatic N) is 2. The van der Waals surface area contributed by atoms with E-state index in [0.717, 1.165) is 43.6 Å². The Morgan fingerprint density at radius 3 is 2.96 bits per heavy atom. The number of hydrogen-bond donors (Lipinski definition) is 1. The number of amides is 1. The lowest BCUT2D eigenvalue weighted by Gasteiger charge is -2.32. The number of likely N-dealkylation sites (tertiary alicyclic amines) is 1. The van der Waals surface area contributed by atoms with E-state index < -0.39 is 0 Å². The molecule has 2 aromatic rings. The van der Waals surface area contributed by atoms with Crippen molar-refractivity contribution in [3.8, 4) is 0 Å². The second-order valence-corrected chi connectivity index (χ2v) is 7.23. The summed E-state index contributed by atoms with van der Waals surface area (Å²) in [6.45, 7) is 2.98. The molecule has 1 fully saturated rings. The van der Waals surface area contributed by atoms with Gasteiger partial charge in [0.2, 0.25) is 5.91 Å². The third kappa shape index (κ3) is 5.18. The number of benzene rings is 1. The lowest BCUT2D eigenvalue weighted by Crippen LogP contribution is -2.42. The molecule has 0 spiro atoms. The van der Waals surface area contributed by atoms with Crippen molar-refractivity contribution < 1.29 is 4.79 Å². The van der Waals surface area contributed by atoms with Crippen molar-refractivity contribution in [3.63, 3.8) is 0 Å². The fourth-order valence-electron chi connectivity index (χ4n) is 3.14. The Kier molecular flexibility index (Phi) is 6.29. The summed E-state index contributed by atoms with van der Waals surface area (Å²) >= 11 is 12.2. The number of nitrogens with one attached hydrogen (secondary N) is 1. The number of pyridine rings is 1. The normalized spacial score (nSPS) is 18.1. The first kappa shape index (κ1) is 18.2. The van der Waals surface area contributed by atoms with E-state index in [0.29, 0.717) is 16.6 Å². The average Bonchev–Trinajstić information content (AvgIpc) is 2.63. The number of hydrogen-bond acceptors (Lipinski definition) is 3. The first-order valence-corrected chi connectivity index (χ1v) is 9.20. The van der Waals surface area contributed by atoms with E-state index in [1.54, 1.807) is 18.5 Å². The first-order chi connectivity index (χ1) is 12.1. The third-order valence-electron chi connectivity index (χ3n) is 4.47. The smallest absolute Gasteiger partial charge is 0.224 e. The molecule has 0 aliphatic carbocycles. The molecule has 1 amide bonds. The van der Waals surface area contributed by atoms with Crippen molar-refractivity contribution in [3.05, 3.63) is 63.9 Å². The van der Waals surface area contributed by atoms with Gasteiger partial charge in [0, 0.05) is 42.1 Å². The van der Waals surface area contributed by atoms with E-state index in [9.17, 15) is 4.79 Å². The quantitative estimate of drug-likeness (QED) is 0.858. The van der Waals surface area contributed by atoms with Gasteiger partial charge in [-0.15, -0.1) is 0 Å². The molecule has 1 aromatic heterocycles. The maximum atomic E-state index is 12.5. The third-order valence-corrected chi connectivity index (χ3v) is 5.06. The zero-order chi connectivity index (χ0) is 17.6.